The molecule has 1 aromatic rings. The van der Waals surface area contributed by atoms with Crippen molar-refractivity contribution in [3.8, 4) is 0 Å². The molecular formula is C11H14N2O2S. The standard InChI is InChI=1S/C11H14N2O2S/c1-8-13(6-7-16-8)11(15)9-4-3-5-12(2)10(9)14/h3-5,8H,6-7H2,1-2H3. The van der Waals surface area contributed by atoms with Crippen LogP contribution in [0.25, 0.3) is 0 Å². The largest absolute Gasteiger partial charge is 0.326 e. The van der Waals surface area contributed by atoms with Crippen molar-refractivity contribution in [2.24, 2.45) is 7.05 Å². The summed E-state index contributed by atoms with van der Waals surface area (Å²) in [5.74, 6) is 0.791. The Morgan fingerprint density at radius 2 is 2.31 bits per heavy atom. The Hall–Kier alpha value is -1.23. The quantitative estimate of drug-likeness (QED) is 0.730. The Labute approximate surface area is 98.3 Å². The van der Waals surface area contributed by atoms with Gasteiger partial charge in [0.2, 0.25) is 0 Å². The summed E-state index contributed by atoms with van der Waals surface area (Å²) in [6, 6.07) is 3.32. The molecule has 0 spiro atoms. The zero-order chi connectivity index (χ0) is 11.7. The van der Waals surface area contributed by atoms with Gasteiger partial charge in [-0.05, 0) is 19.1 Å². The molecule has 16 heavy (non-hydrogen) atoms. The van der Waals surface area contributed by atoms with Gasteiger partial charge in [-0.25, -0.2) is 0 Å². The second-order valence-electron chi connectivity index (χ2n) is 3.81. The molecule has 1 aliphatic heterocycles. The van der Waals surface area contributed by atoms with Crippen LogP contribution in [0, 0.1) is 0 Å². The fourth-order valence-electron chi connectivity index (χ4n) is 1.77. The van der Waals surface area contributed by atoms with E-state index in [1.54, 1.807) is 42.0 Å². The van der Waals surface area contributed by atoms with Crippen molar-refractivity contribution in [3.63, 3.8) is 0 Å². The van der Waals surface area contributed by atoms with Gasteiger partial charge in [-0.2, -0.15) is 0 Å². The minimum Gasteiger partial charge on any atom is -0.326 e. The van der Waals surface area contributed by atoms with Gasteiger partial charge in [0.25, 0.3) is 11.5 Å². The molecule has 4 nitrogen and oxygen atoms in total. The first-order chi connectivity index (χ1) is 7.61. The summed E-state index contributed by atoms with van der Waals surface area (Å²) in [4.78, 5) is 25.7. The first kappa shape index (κ1) is 11.3. The van der Waals surface area contributed by atoms with Crippen LogP contribution in [0.5, 0.6) is 0 Å². The summed E-state index contributed by atoms with van der Waals surface area (Å²) in [7, 11) is 1.65. The van der Waals surface area contributed by atoms with Crippen molar-refractivity contribution in [1.29, 1.82) is 0 Å². The van der Waals surface area contributed by atoms with Crippen molar-refractivity contribution < 1.29 is 4.79 Å². The third kappa shape index (κ3) is 1.87. The van der Waals surface area contributed by atoms with Gasteiger partial charge in [0.05, 0.1) is 5.37 Å². The SMILES string of the molecule is CC1SCCN1C(=O)c1cccn(C)c1=O. The maximum Gasteiger partial charge on any atom is 0.263 e. The molecule has 1 fully saturated rings. The van der Waals surface area contributed by atoms with Crippen LogP contribution in [0.15, 0.2) is 23.1 Å². The molecule has 0 saturated carbocycles. The van der Waals surface area contributed by atoms with E-state index in [2.05, 4.69) is 0 Å². The highest BCUT2D eigenvalue weighted by Gasteiger charge is 2.27. The molecule has 2 rings (SSSR count). The predicted molar refractivity (Wildman–Crippen MR) is 64.6 cm³/mol. The molecule has 0 N–H and O–H groups in total. The van der Waals surface area contributed by atoms with E-state index in [9.17, 15) is 9.59 Å². The lowest BCUT2D eigenvalue weighted by Gasteiger charge is -2.20. The average Bonchev–Trinajstić information content (AvgIpc) is 2.68. The van der Waals surface area contributed by atoms with E-state index in [0.717, 1.165) is 12.3 Å². The van der Waals surface area contributed by atoms with E-state index in [-0.39, 0.29) is 22.4 Å². The molecular weight excluding hydrogens is 224 g/mol. The van der Waals surface area contributed by atoms with Gasteiger partial charge in [-0.15, -0.1) is 11.8 Å². The monoisotopic (exact) mass is 238 g/mol. The van der Waals surface area contributed by atoms with Crippen molar-refractivity contribution in [1.82, 2.24) is 9.47 Å². The molecule has 1 atom stereocenters. The summed E-state index contributed by atoms with van der Waals surface area (Å²) in [6.45, 7) is 2.71. The molecule has 1 amide bonds. The molecule has 1 aliphatic rings. The van der Waals surface area contributed by atoms with E-state index in [0.29, 0.717) is 0 Å². The Morgan fingerprint density at radius 3 is 2.94 bits per heavy atom. The number of hydrogen-bond donors (Lipinski definition) is 0. The summed E-state index contributed by atoms with van der Waals surface area (Å²) < 4.78 is 1.43. The maximum atomic E-state index is 12.1. The van der Waals surface area contributed by atoms with Crippen molar-refractivity contribution in [3.05, 3.63) is 34.2 Å². The summed E-state index contributed by atoms with van der Waals surface area (Å²) >= 11 is 1.73. The van der Waals surface area contributed by atoms with Crippen LogP contribution in [-0.2, 0) is 7.05 Å². The van der Waals surface area contributed by atoms with Crippen LogP contribution in [-0.4, -0.2) is 33.0 Å². The summed E-state index contributed by atoms with van der Waals surface area (Å²) in [5.41, 5.74) is 0.0379. The minimum absolute atomic E-state index is 0.154. The first-order valence-electron chi connectivity index (χ1n) is 5.19. The first-order valence-corrected chi connectivity index (χ1v) is 6.24. The van der Waals surface area contributed by atoms with Crippen LogP contribution in [0.4, 0.5) is 0 Å². The van der Waals surface area contributed by atoms with Gasteiger partial charge in [0.1, 0.15) is 5.56 Å². The molecule has 0 radical (unpaired) electrons. The van der Waals surface area contributed by atoms with E-state index < -0.39 is 0 Å². The Balaban J connectivity index is 2.34. The van der Waals surface area contributed by atoms with Gasteiger partial charge < -0.3 is 9.47 Å². The highest BCUT2D eigenvalue weighted by Crippen LogP contribution is 2.23. The van der Waals surface area contributed by atoms with Crippen LogP contribution in [0.2, 0.25) is 0 Å². The molecule has 1 saturated heterocycles. The molecule has 5 heteroatoms. The Kier molecular flexibility index (Phi) is 3.05. The van der Waals surface area contributed by atoms with Gasteiger partial charge in [-0.3, -0.25) is 9.59 Å². The molecule has 2 heterocycles. The van der Waals surface area contributed by atoms with Gasteiger partial charge >= 0.3 is 0 Å². The van der Waals surface area contributed by atoms with Crippen LogP contribution in [0.1, 0.15) is 17.3 Å². The lowest BCUT2D eigenvalue weighted by atomic mass is 10.2. The number of amides is 1. The zero-order valence-electron chi connectivity index (χ0n) is 9.34. The van der Waals surface area contributed by atoms with E-state index in [1.807, 2.05) is 6.92 Å². The van der Waals surface area contributed by atoms with E-state index in [1.165, 1.54) is 4.57 Å². The maximum absolute atomic E-state index is 12.1. The fraction of sp³-hybridized carbons (Fsp3) is 0.455. The number of hydrogen-bond acceptors (Lipinski definition) is 3. The number of aromatic nitrogens is 1. The number of thioether (sulfide) groups is 1. The fourth-order valence-corrected chi connectivity index (χ4v) is 2.80. The average molecular weight is 238 g/mol. The van der Waals surface area contributed by atoms with Crippen LogP contribution < -0.4 is 5.56 Å². The summed E-state index contributed by atoms with van der Waals surface area (Å²) in [6.07, 6.45) is 1.65. The van der Waals surface area contributed by atoms with Gasteiger partial charge in [0.15, 0.2) is 0 Å². The lowest BCUT2D eigenvalue weighted by molar-refractivity contribution is 0.0766. The molecule has 1 unspecified atom stereocenters. The molecule has 0 aliphatic carbocycles. The van der Waals surface area contributed by atoms with Crippen LogP contribution >= 0.6 is 11.8 Å². The minimum atomic E-state index is -0.225. The van der Waals surface area contributed by atoms with E-state index in [4.69, 9.17) is 0 Å². The van der Waals surface area contributed by atoms with Crippen molar-refractivity contribution in [2.45, 2.75) is 12.3 Å². The normalized spacial score (nSPS) is 20.1. The molecule has 0 aromatic carbocycles. The van der Waals surface area contributed by atoms with Crippen molar-refractivity contribution >= 4 is 17.7 Å². The number of carbonyl (C=O) groups excluding carboxylic acids is 1. The second-order valence-corrected chi connectivity index (χ2v) is 5.23. The predicted octanol–water partition coefficient (Wildman–Crippen LogP) is 0.920. The molecule has 0 bridgehead atoms. The lowest BCUT2D eigenvalue weighted by Crippen LogP contribution is -2.37. The number of pyridine rings is 1. The molecule has 1 aromatic heterocycles. The smallest absolute Gasteiger partial charge is 0.263 e. The molecule has 86 valence electrons. The van der Waals surface area contributed by atoms with Gasteiger partial charge in [0, 0.05) is 25.5 Å². The zero-order valence-corrected chi connectivity index (χ0v) is 10.2. The Morgan fingerprint density at radius 1 is 1.56 bits per heavy atom. The van der Waals surface area contributed by atoms with Crippen molar-refractivity contribution in [2.75, 3.05) is 12.3 Å². The third-order valence-electron chi connectivity index (χ3n) is 2.74. The highest BCUT2D eigenvalue weighted by molar-refractivity contribution is 8.00. The summed E-state index contributed by atoms with van der Waals surface area (Å²) in [5, 5.41) is 0.164. The Bertz CT molecular complexity index is 469. The topological polar surface area (TPSA) is 42.3 Å². The number of nitrogens with zero attached hydrogens (tertiary/aromatic N) is 2. The highest BCUT2D eigenvalue weighted by atomic mass is 32.2. The number of carbonyl (C=O) groups is 1. The van der Waals surface area contributed by atoms with E-state index >= 15 is 0 Å². The number of rotatable bonds is 1. The third-order valence-corrected chi connectivity index (χ3v) is 3.90. The van der Waals surface area contributed by atoms with Crippen LogP contribution in [0.3, 0.4) is 0 Å². The second kappa shape index (κ2) is 4.33. The number of aryl methyl sites for hydroxylation is 1. The van der Waals surface area contributed by atoms with Gasteiger partial charge in [-0.1, -0.05) is 0 Å².